The summed E-state index contributed by atoms with van der Waals surface area (Å²) in [5, 5.41) is 6.91. The average molecular weight is 245 g/mol. The Morgan fingerprint density at radius 1 is 1.39 bits per heavy atom. The van der Waals surface area contributed by atoms with Gasteiger partial charge in [0.15, 0.2) is 0 Å². The third kappa shape index (κ3) is 2.32. The van der Waals surface area contributed by atoms with Crippen molar-refractivity contribution in [2.75, 3.05) is 11.1 Å². The molecule has 0 radical (unpaired) electrons. The van der Waals surface area contributed by atoms with E-state index >= 15 is 0 Å². The van der Waals surface area contributed by atoms with Crippen LogP contribution >= 0.6 is 0 Å². The Morgan fingerprint density at radius 3 is 2.83 bits per heavy atom. The third-order valence-corrected chi connectivity index (χ3v) is 2.48. The Morgan fingerprint density at radius 2 is 2.17 bits per heavy atom. The second-order valence-corrected chi connectivity index (χ2v) is 4.15. The van der Waals surface area contributed by atoms with E-state index < -0.39 is 0 Å². The van der Waals surface area contributed by atoms with Crippen molar-refractivity contribution < 1.29 is 4.79 Å². The van der Waals surface area contributed by atoms with Gasteiger partial charge in [0.25, 0.3) is 5.91 Å². The summed E-state index contributed by atoms with van der Waals surface area (Å²) in [6.45, 7) is 3.97. The van der Waals surface area contributed by atoms with Crippen molar-refractivity contribution in [2.45, 2.75) is 19.9 Å². The standard InChI is InChI=1S/C12H15N5O/c1-8(2)17-10(5-7-15-17)16-12(18)9-4-3-6-14-11(9)13/h3-8H,1-2H3,(H2,13,14)(H,16,18). The summed E-state index contributed by atoms with van der Waals surface area (Å²) < 4.78 is 1.73. The normalized spacial score (nSPS) is 10.6. The molecule has 6 heteroatoms. The van der Waals surface area contributed by atoms with Crippen LogP contribution in [0.5, 0.6) is 0 Å². The van der Waals surface area contributed by atoms with Crippen molar-refractivity contribution in [3.8, 4) is 0 Å². The lowest BCUT2D eigenvalue weighted by Crippen LogP contribution is -2.18. The fourth-order valence-corrected chi connectivity index (χ4v) is 1.62. The van der Waals surface area contributed by atoms with Gasteiger partial charge >= 0.3 is 0 Å². The lowest BCUT2D eigenvalue weighted by atomic mass is 10.2. The molecule has 18 heavy (non-hydrogen) atoms. The monoisotopic (exact) mass is 245 g/mol. The van der Waals surface area contributed by atoms with Gasteiger partial charge in [0.1, 0.15) is 11.6 Å². The van der Waals surface area contributed by atoms with Gasteiger partial charge < -0.3 is 11.1 Å². The van der Waals surface area contributed by atoms with Crippen LogP contribution in [0.2, 0.25) is 0 Å². The molecular formula is C12H15N5O. The summed E-state index contributed by atoms with van der Waals surface area (Å²) in [4.78, 5) is 15.9. The van der Waals surface area contributed by atoms with Crippen LogP contribution in [0.1, 0.15) is 30.2 Å². The summed E-state index contributed by atoms with van der Waals surface area (Å²) in [5.74, 6) is 0.562. The smallest absolute Gasteiger partial charge is 0.260 e. The Hall–Kier alpha value is -2.37. The minimum Gasteiger partial charge on any atom is -0.383 e. The Bertz CT molecular complexity index is 561. The van der Waals surface area contributed by atoms with Crippen LogP contribution in [-0.2, 0) is 0 Å². The minimum atomic E-state index is -0.289. The van der Waals surface area contributed by atoms with Crippen LogP contribution in [-0.4, -0.2) is 20.7 Å². The van der Waals surface area contributed by atoms with E-state index in [2.05, 4.69) is 15.4 Å². The first-order chi connectivity index (χ1) is 8.59. The number of hydrogen-bond donors (Lipinski definition) is 2. The molecule has 2 aromatic heterocycles. The Labute approximate surface area is 105 Å². The lowest BCUT2D eigenvalue weighted by molar-refractivity contribution is 0.102. The first kappa shape index (κ1) is 12.1. The van der Waals surface area contributed by atoms with Crippen LogP contribution < -0.4 is 11.1 Å². The largest absolute Gasteiger partial charge is 0.383 e. The predicted molar refractivity (Wildman–Crippen MR) is 69.2 cm³/mol. The molecule has 0 aliphatic heterocycles. The van der Waals surface area contributed by atoms with Crippen LogP contribution in [0.4, 0.5) is 11.6 Å². The molecule has 0 bridgehead atoms. The number of amides is 1. The van der Waals surface area contributed by atoms with E-state index in [1.165, 1.54) is 0 Å². The number of pyridine rings is 1. The molecular weight excluding hydrogens is 230 g/mol. The number of anilines is 2. The van der Waals surface area contributed by atoms with Gasteiger partial charge in [0.2, 0.25) is 0 Å². The molecule has 94 valence electrons. The highest BCUT2D eigenvalue weighted by atomic mass is 16.1. The molecule has 0 aliphatic rings. The van der Waals surface area contributed by atoms with Crippen molar-refractivity contribution >= 4 is 17.5 Å². The van der Waals surface area contributed by atoms with E-state index in [0.29, 0.717) is 11.4 Å². The van der Waals surface area contributed by atoms with Crippen LogP contribution in [0.15, 0.2) is 30.6 Å². The summed E-state index contributed by atoms with van der Waals surface area (Å²) in [6, 6.07) is 5.21. The van der Waals surface area contributed by atoms with E-state index in [9.17, 15) is 4.79 Å². The molecule has 0 fully saturated rings. The number of nitrogen functional groups attached to an aromatic ring is 1. The van der Waals surface area contributed by atoms with Crippen molar-refractivity contribution in [1.82, 2.24) is 14.8 Å². The molecule has 2 aromatic rings. The first-order valence-corrected chi connectivity index (χ1v) is 5.65. The van der Waals surface area contributed by atoms with Gasteiger partial charge in [-0.2, -0.15) is 5.10 Å². The Balaban J connectivity index is 2.22. The topological polar surface area (TPSA) is 85.8 Å². The minimum absolute atomic E-state index is 0.168. The summed E-state index contributed by atoms with van der Waals surface area (Å²) in [5.41, 5.74) is 6.01. The highest BCUT2D eigenvalue weighted by Gasteiger charge is 2.13. The molecule has 1 amide bonds. The quantitative estimate of drug-likeness (QED) is 0.861. The number of rotatable bonds is 3. The van der Waals surface area contributed by atoms with Gasteiger partial charge in [-0.3, -0.25) is 4.79 Å². The second-order valence-electron chi connectivity index (χ2n) is 4.15. The SMILES string of the molecule is CC(C)n1nccc1NC(=O)c1cccnc1N. The van der Waals surface area contributed by atoms with E-state index in [0.717, 1.165) is 0 Å². The summed E-state index contributed by atoms with van der Waals surface area (Å²) in [7, 11) is 0. The highest BCUT2D eigenvalue weighted by molar-refractivity contribution is 6.06. The van der Waals surface area contributed by atoms with Crippen LogP contribution in [0.25, 0.3) is 0 Å². The molecule has 2 rings (SSSR count). The molecule has 3 N–H and O–H groups in total. The van der Waals surface area contributed by atoms with Crippen molar-refractivity contribution in [3.63, 3.8) is 0 Å². The molecule has 0 aliphatic carbocycles. The lowest BCUT2D eigenvalue weighted by Gasteiger charge is -2.12. The van der Waals surface area contributed by atoms with Crippen LogP contribution in [0, 0.1) is 0 Å². The maximum absolute atomic E-state index is 12.0. The molecule has 6 nitrogen and oxygen atoms in total. The van der Waals surface area contributed by atoms with Crippen molar-refractivity contribution in [1.29, 1.82) is 0 Å². The Kier molecular flexibility index (Phi) is 3.27. The first-order valence-electron chi connectivity index (χ1n) is 5.65. The maximum Gasteiger partial charge on any atom is 0.260 e. The number of carbonyl (C=O) groups is 1. The second kappa shape index (κ2) is 4.87. The zero-order valence-electron chi connectivity index (χ0n) is 10.3. The van der Waals surface area contributed by atoms with Gasteiger partial charge in [-0.1, -0.05) is 0 Å². The molecule has 0 unspecified atom stereocenters. The van der Waals surface area contributed by atoms with E-state index in [1.807, 2.05) is 13.8 Å². The van der Waals surface area contributed by atoms with Gasteiger partial charge in [0, 0.05) is 18.3 Å². The van der Waals surface area contributed by atoms with Gasteiger partial charge in [-0.05, 0) is 26.0 Å². The van der Waals surface area contributed by atoms with Crippen molar-refractivity contribution in [2.24, 2.45) is 0 Å². The van der Waals surface area contributed by atoms with Crippen molar-refractivity contribution in [3.05, 3.63) is 36.2 Å². The maximum atomic E-state index is 12.0. The number of nitrogens with one attached hydrogen (secondary N) is 1. The predicted octanol–water partition coefficient (Wildman–Crippen LogP) is 1.69. The molecule has 0 saturated heterocycles. The molecule has 0 aromatic carbocycles. The number of hydrogen-bond acceptors (Lipinski definition) is 4. The van der Waals surface area contributed by atoms with E-state index in [1.54, 1.807) is 35.3 Å². The molecule has 0 atom stereocenters. The zero-order valence-corrected chi connectivity index (χ0v) is 10.3. The van der Waals surface area contributed by atoms with E-state index in [4.69, 9.17) is 5.73 Å². The summed E-state index contributed by atoms with van der Waals surface area (Å²) >= 11 is 0. The van der Waals surface area contributed by atoms with Crippen LogP contribution in [0.3, 0.4) is 0 Å². The van der Waals surface area contributed by atoms with Gasteiger partial charge in [-0.15, -0.1) is 0 Å². The fraction of sp³-hybridized carbons (Fsp3) is 0.250. The summed E-state index contributed by atoms with van der Waals surface area (Å²) in [6.07, 6.45) is 3.19. The number of aromatic nitrogens is 3. The van der Waals surface area contributed by atoms with E-state index in [-0.39, 0.29) is 17.8 Å². The number of nitrogens with zero attached hydrogens (tertiary/aromatic N) is 3. The van der Waals surface area contributed by atoms with Gasteiger partial charge in [0.05, 0.1) is 11.8 Å². The molecule has 0 spiro atoms. The number of nitrogens with two attached hydrogens (primary N) is 1. The molecule has 0 saturated carbocycles. The third-order valence-electron chi connectivity index (χ3n) is 2.48. The highest BCUT2D eigenvalue weighted by Crippen LogP contribution is 2.15. The fourth-order valence-electron chi connectivity index (χ4n) is 1.62. The number of carbonyl (C=O) groups excluding carboxylic acids is 1. The molecule has 2 heterocycles. The van der Waals surface area contributed by atoms with Gasteiger partial charge in [-0.25, -0.2) is 9.67 Å². The average Bonchev–Trinajstić information content (AvgIpc) is 2.77. The zero-order chi connectivity index (χ0) is 13.1.